The van der Waals surface area contributed by atoms with Gasteiger partial charge in [0.25, 0.3) is 0 Å². The summed E-state index contributed by atoms with van der Waals surface area (Å²) >= 11 is 6.04. The molecule has 0 saturated heterocycles. The summed E-state index contributed by atoms with van der Waals surface area (Å²) in [5, 5.41) is 14.4. The Kier molecular flexibility index (Phi) is 5.08. The van der Waals surface area contributed by atoms with Crippen molar-refractivity contribution in [2.45, 2.75) is 12.5 Å². The summed E-state index contributed by atoms with van der Waals surface area (Å²) in [5.41, 5.74) is 2.33. The number of carbonyl (C=O) groups is 1. The van der Waals surface area contributed by atoms with E-state index >= 15 is 0 Å². The number of hydrogen-bond acceptors (Lipinski definition) is 3. The van der Waals surface area contributed by atoms with E-state index in [-0.39, 0.29) is 18.9 Å². The van der Waals surface area contributed by atoms with Crippen LogP contribution in [0, 0.1) is 0 Å². The average molecular weight is 341 g/mol. The van der Waals surface area contributed by atoms with Gasteiger partial charge in [-0.15, -0.1) is 0 Å². The van der Waals surface area contributed by atoms with Gasteiger partial charge in [0.1, 0.15) is 0 Å². The average Bonchev–Trinajstić information content (AvgIpc) is 2.60. The van der Waals surface area contributed by atoms with Crippen molar-refractivity contribution < 1.29 is 9.90 Å². The van der Waals surface area contributed by atoms with Crippen LogP contribution < -0.4 is 5.32 Å². The molecule has 1 heterocycles. The molecule has 1 amide bonds. The first-order valence-electron chi connectivity index (χ1n) is 7.66. The largest absolute Gasteiger partial charge is 0.387 e. The second-order valence-electron chi connectivity index (χ2n) is 5.55. The molecule has 0 radical (unpaired) electrons. The lowest BCUT2D eigenvalue weighted by atomic mass is 10.1. The predicted molar refractivity (Wildman–Crippen MR) is 94.9 cm³/mol. The number of nitrogens with one attached hydrogen (secondary N) is 1. The number of rotatable bonds is 5. The van der Waals surface area contributed by atoms with Crippen LogP contribution in [0.4, 0.5) is 0 Å². The van der Waals surface area contributed by atoms with Crippen molar-refractivity contribution in [2.24, 2.45) is 0 Å². The van der Waals surface area contributed by atoms with Crippen LogP contribution in [-0.2, 0) is 11.2 Å². The molecular weight excluding hydrogens is 324 g/mol. The molecule has 0 saturated carbocycles. The molecule has 0 aliphatic rings. The van der Waals surface area contributed by atoms with Gasteiger partial charge in [0.05, 0.1) is 18.0 Å². The summed E-state index contributed by atoms with van der Waals surface area (Å²) in [6, 6.07) is 16.8. The summed E-state index contributed by atoms with van der Waals surface area (Å²) in [5.74, 6) is -0.168. The third-order valence-electron chi connectivity index (χ3n) is 3.77. The fourth-order valence-corrected chi connectivity index (χ4v) is 2.79. The van der Waals surface area contributed by atoms with Gasteiger partial charge in [-0.25, -0.2) is 0 Å². The van der Waals surface area contributed by atoms with Crippen LogP contribution in [-0.4, -0.2) is 22.5 Å². The highest BCUT2D eigenvalue weighted by Crippen LogP contribution is 2.21. The number of benzene rings is 2. The van der Waals surface area contributed by atoms with Crippen molar-refractivity contribution in [3.8, 4) is 0 Å². The lowest BCUT2D eigenvalue weighted by Gasteiger charge is -2.13. The maximum Gasteiger partial charge on any atom is 0.224 e. The number of aliphatic hydroxyl groups is 1. The predicted octanol–water partition coefficient (Wildman–Crippen LogP) is 3.28. The Morgan fingerprint density at radius 2 is 1.92 bits per heavy atom. The van der Waals surface area contributed by atoms with Gasteiger partial charge in [-0.05, 0) is 23.8 Å². The van der Waals surface area contributed by atoms with Crippen molar-refractivity contribution in [1.29, 1.82) is 0 Å². The van der Waals surface area contributed by atoms with E-state index in [4.69, 9.17) is 11.6 Å². The van der Waals surface area contributed by atoms with Crippen LogP contribution in [0.3, 0.4) is 0 Å². The summed E-state index contributed by atoms with van der Waals surface area (Å²) in [6.07, 6.45) is 1.08. The highest BCUT2D eigenvalue weighted by atomic mass is 35.5. The molecule has 4 nitrogen and oxygen atoms in total. The van der Waals surface area contributed by atoms with Crippen molar-refractivity contribution >= 4 is 28.4 Å². The van der Waals surface area contributed by atoms with E-state index in [2.05, 4.69) is 10.3 Å². The van der Waals surface area contributed by atoms with Gasteiger partial charge < -0.3 is 10.4 Å². The van der Waals surface area contributed by atoms with E-state index in [0.29, 0.717) is 10.6 Å². The molecule has 2 aromatic carbocycles. The van der Waals surface area contributed by atoms with E-state index < -0.39 is 6.10 Å². The molecule has 1 atom stereocenters. The third kappa shape index (κ3) is 3.91. The minimum atomic E-state index is -0.836. The zero-order valence-electron chi connectivity index (χ0n) is 12.9. The number of para-hydroxylation sites is 1. The zero-order chi connectivity index (χ0) is 16.9. The van der Waals surface area contributed by atoms with Gasteiger partial charge in [-0.1, -0.05) is 48.0 Å². The van der Waals surface area contributed by atoms with Crippen LogP contribution in [0.1, 0.15) is 17.2 Å². The first-order chi connectivity index (χ1) is 11.6. The zero-order valence-corrected chi connectivity index (χ0v) is 13.7. The summed E-state index contributed by atoms with van der Waals surface area (Å²) < 4.78 is 0. The van der Waals surface area contributed by atoms with E-state index in [1.54, 1.807) is 30.5 Å². The normalized spacial score (nSPS) is 12.1. The van der Waals surface area contributed by atoms with Crippen LogP contribution in [0.15, 0.2) is 60.8 Å². The highest BCUT2D eigenvalue weighted by Gasteiger charge is 2.12. The molecule has 3 aromatic rings. The Hall–Kier alpha value is -2.43. The third-order valence-corrected chi connectivity index (χ3v) is 4.11. The van der Waals surface area contributed by atoms with Crippen LogP contribution in [0.5, 0.6) is 0 Å². The monoisotopic (exact) mass is 340 g/mol. The molecule has 2 N–H and O–H groups in total. The van der Waals surface area contributed by atoms with Gasteiger partial charge >= 0.3 is 0 Å². The lowest BCUT2D eigenvalue weighted by Crippen LogP contribution is -2.29. The number of aromatic nitrogens is 1. The number of fused-ring (bicyclic) bond motifs is 1. The second kappa shape index (κ2) is 7.43. The Morgan fingerprint density at radius 3 is 2.75 bits per heavy atom. The maximum atomic E-state index is 12.1. The molecule has 0 bridgehead atoms. The SMILES string of the molecule is O=C(Cc1cnc2ccccc2c1)NC[C@H](O)c1ccccc1Cl. The molecule has 24 heavy (non-hydrogen) atoms. The Bertz CT molecular complexity index is 867. The van der Waals surface area contributed by atoms with Crippen molar-refractivity contribution in [3.05, 3.63) is 76.9 Å². The summed E-state index contributed by atoms with van der Waals surface area (Å²) in [6.45, 7) is 0.115. The van der Waals surface area contributed by atoms with Crippen LogP contribution >= 0.6 is 11.6 Å². The van der Waals surface area contributed by atoms with Gasteiger partial charge in [0.15, 0.2) is 0 Å². The highest BCUT2D eigenvalue weighted by molar-refractivity contribution is 6.31. The second-order valence-corrected chi connectivity index (χ2v) is 5.96. The minimum absolute atomic E-state index is 0.115. The number of nitrogens with zero attached hydrogens (tertiary/aromatic N) is 1. The standard InChI is InChI=1S/C19H17ClN2O2/c20-16-7-3-2-6-15(16)18(23)12-22-19(24)10-13-9-14-5-1-4-8-17(14)21-11-13/h1-9,11,18,23H,10,12H2,(H,22,24)/t18-/m0/s1. The smallest absolute Gasteiger partial charge is 0.224 e. The molecule has 0 unspecified atom stereocenters. The van der Waals surface area contributed by atoms with E-state index in [1.807, 2.05) is 30.3 Å². The number of aliphatic hydroxyl groups excluding tert-OH is 1. The Labute approximate surface area is 145 Å². The minimum Gasteiger partial charge on any atom is -0.387 e. The van der Waals surface area contributed by atoms with Crippen molar-refractivity contribution in [3.63, 3.8) is 0 Å². The number of hydrogen-bond donors (Lipinski definition) is 2. The Morgan fingerprint density at radius 1 is 1.17 bits per heavy atom. The number of halogens is 1. The van der Waals surface area contributed by atoms with Gasteiger partial charge in [-0.2, -0.15) is 0 Å². The lowest BCUT2D eigenvalue weighted by molar-refractivity contribution is -0.120. The van der Waals surface area contributed by atoms with Gasteiger partial charge in [0.2, 0.25) is 5.91 Å². The van der Waals surface area contributed by atoms with E-state index in [1.165, 1.54) is 0 Å². The van der Waals surface area contributed by atoms with Crippen molar-refractivity contribution in [2.75, 3.05) is 6.54 Å². The molecule has 3 rings (SSSR count). The van der Waals surface area contributed by atoms with Gasteiger partial charge in [0, 0.05) is 28.7 Å². The molecular formula is C19H17ClN2O2. The number of amides is 1. The quantitative estimate of drug-likeness (QED) is 0.749. The fraction of sp³-hybridized carbons (Fsp3) is 0.158. The molecule has 0 aliphatic heterocycles. The van der Waals surface area contributed by atoms with Crippen LogP contribution in [0.2, 0.25) is 5.02 Å². The summed E-state index contributed by atoms with van der Waals surface area (Å²) in [7, 11) is 0. The molecule has 0 spiro atoms. The molecule has 0 fully saturated rings. The summed E-state index contributed by atoms with van der Waals surface area (Å²) in [4.78, 5) is 16.4. The topological polar surface area (TPSA) is 62.2 Å². The van der Waals surface area contributed by atoms with Crippen LogP contribution in [0.25, 0.3) is 10.9 Å². The van der Waals surface area contributed by atoms with Gasteiger partial charge in [-0.3, -0.25) is 9.78 Å². The molecule has 122 valence electrons. The Balaban J connectivity index is 1.59. The molecule has 1 aromatic heterocycles. The first kappa shape index (κ1) is 16.4. The first-order valence-corrected chi connectivity index (χ1v) is 8.04. The van der Waals surface area contributed by atoms with E-state index in [0.717, 1.165) is 16.5 Å². The number of pyridine rings is 1. The number of carbonyl (C=O) groups excluding carboxylic acids is 1. The van der Waals surface area contributed by atoms with Crippen molar-refractivity contribution in [1.82, 2.24) is 10.3 Å². The fourth-order valence-electron chi connectivity index (χ4n) is 2.53. The maximum absolute atomic E-state index is 12.1. The molecule has 0 aliphatic carbocycles. The molecule has 5 heteroatoms. The van der Waals surface area contributed by atoms with E-state index in [9.17, 15) is 9.90 Å².